The predicted octanol–water partition coefficient (Wildman–Crippen LogP) is 3.93. The molecule has 0 saturated heterocycles. The van der Waals surface area contributed by atoms with Crippen LogP contribution >= 0.6 is 23.8 Å². The third-order valence-corrected chi connectivity index (χ3v) is 3.49. The zero-order valence-corrected chi connectivity index (χ0v) is 12.2. The molecule has 0 spiro atoms. The van der Waals surface area contributed by atoms with Gasteiger partial charge in [0.1, 0.15) is 0 Å². The van der Waals surface area contributed by atoms with Crippen molar-refractivity contribution < 1.29 is 0 Å². The fraction of sp³-hybridized carbons (Fsp3) is 0.214. The van der Waals surface area contributed by atoms with Gasteiger partial charge in [-0.25, -0.2) is 0 Å². The zero-order valence-electron chi connectivity index (χ0n) is 10.7. The minimum absolute atomic E-state index is 0.469. The molecule has 1 aliphatic rings. The summed E-state index contributed by atoms with van der Waals surface area (Å²) in [7, 11) is 0. The van der Waals surface area contributed by atoms with Gasteiger partial charge in [0, 0.05) is 5.92 Å². The average molecular weight is 305 g/mol. The van der Waals surface area contributed by atoms with Gasteiger partial charge in [-0.15, -0.1) is 0 Å². The standard InChI is InChI=1S/C14H13ClN4S/c15-12(8-10-4-2-1-3-5-10)9-16-19-13(11-6-7-11)17-18-14(19)20/h1-5,8-9,11H,6-7H2,(H,18,20)/b12-8-,16-9-. The summed E-state index contributed by atoms with van der Waals surface area (Å²) in [6.45, 7) is 0. The first-order valence-corrected chi connectivity index (χ1v) is 7.16. The Morgan fingerprint density at radius 1 is 1.40 bits per heavy atom. The number of benzene rings is 1. The number of halogens is 1. The summed E-state index contributed by atoms with van der Waals surface area (Å²) in [6, 6.07) is 9.85. The number of allylic oxidation sites excluding steroid dienone is 1. The molecule has 0 radical (unpaired) electrons. The zero-order chi connectivity index (χ0) is 13.9. The second kappa shape index (κ2) is 5.73. The Bertz CT molecular complexity index is 710. The number of H-pyrrole nitrogens is 1. The highest BCUT2D eigenvalue weighted by Gasteiger charge is 2.29. The summed E-state index contributed by atoms with van der Waals surface area (Å²) >= 11 is 11.3. The highest BCUT2D eigenvalue weighted by atomic mass is 35.5. The van der Waals surface area contributed by atoms with Crippen LogP contribution in [-0.4, -0.2) is 21.1 Å². The van der Waals surface area contributed by atoms with Gasteiger partial charge in [-0.05, 0) is 36.7 Å². The molecule has 1 heterocycles. The Balaban J connectivity index is 1.82. The molecule has 3 rings (SSSR count). The molecule has 6 heteroatoms. The van der Waals surface area contributed by atoms with E-state index in [-0.39, 0.29) is 0 Å². The van der Waals surface area contributed by atoms with Crippen molar-refractivity contribution in [2.75, 3.05) is 0 Å². The maximum atomic E-state index is 6.17. The Labute approximate surface area is 126 Å². The van der Waals surface area contributed by atoms with Gasteiger partial charge in [0.15, 0.2) is 5.82 Å². The quantitative estimate of drug-likeness (QED) is 0.687. The van der Waals surface area contributed by atoms with Crippen LogP contribution < -0.4 is 0 Å². The smallest absolute Gasteiger partial charge is 0.216 e. The summed E-state index contributed by atoms with van der Waals surface area (Å²) in [5.41, 5.74) is 1.03. The highest BCUT2D eigenvalue weighted by molar-refractivity contribution is 7.71. The minimum atomic E-state index is 0.469. The first-order valence-electron chi connectivity index (χ1n) is 6.38. The highest BCUT2D eigenvalue weighted by Crippen LogP contribution is 2.38. The molecule has 0 aliphatic heterocycles. The average Bonchev–Trinajstić information content (AvgIpc) is 3.22. The van der Waals surface area contributed by atoms with E-state index in [9.17, 15) is 0 Å². The number of aromatic amines is 1. The van der Waals surface area contributed by atoms with Crippen LogP contribution in [0.4, 0.5) is 0 Å². The van der Waals surface area contributed by atoms with Crippen molar-refractivity contribution in [2.24, 2.45) is 5.10 Å². The van der Waals surface area contributed by atoms with Crippen molar-refractivity contribution in [1.82, 2.24) is 14.9 Å². The fourth-order valence-electron chi connectivity index (χ4n) is 1.88. The molecular formula is C14H13ClN4S. The molecule has 0 atom stereocenters. The van der Waals surface area contributed by atoms with E-state index in [0.717, 1.165) is 24.2 Å². The van der Waals surface area contributed by atoms with Crippen LogP contribution in [0.25, 0.3) is 6.08 Å². The molecule has 4 nitrogen and oxygen atoms in total. The number of nitrogens with zero attached hydrogens (tertiary/aromatic N) is 3. The van der Waals surface area contributed by atoms with Crippen LogP contribution in [0.2, 0.25) is 0 Å². The molecule has 1 aromatic carbocycles. The van der Waals surface area contributed by atoms with Crippen molar-refractivity contribution in [3.05, 3.63) is 51.5 Å². The summed E-state index contributed by atoms with van der Waals surface area (Å²) < 4.78 is 2.14. The predicted molar refractivity (Wildman–Crippen MR) is 83.5 cm³/mol. The molecule has 1 fully saturated rings. The van der Waals surface area contributed by atoms with Crippen LogP contribution in [0.15, 0.2) is 40.5 Å². The first kappa shape index (κ1) is 13.3. The molecule has 102 valence electrons. The summed E-state index contributed by atoms with van der Waals surface area (Å²) in [5, 5.41) is 11.8. The monoisotopic (exact) mass is 304 g/mol. The summed E-state index contributed by atoms with van der Waals surface area (Å²) in [4.78, 5) is 0. The van der Waals surface area contributed by atoms with Crippen LogP contribution in [-0.2, 0) is 0 Å². The molecule has 20 heavy (non-hydrogen) atoms. The van der Waals surface area contributed by atoms with Crippen LogP contribution in [0.3, 0.4) is 0 Å². The SMILES string of the molecule is S=c1[nH]nc(C2CC2)n1/N=C\C(Cl)=C\c1ccccc1. The van der Waals surface area contributed by atoms with Gasteiger partial charge >= 0.3 is 0 Å². The second-order valence-corrected chi connectivity index (χ2v) is 5.48. The minimum Gasteiger partial charge on any atom is -0.250 e. The maximum Gasteiger partial charge on any atom is 0.216 e. The van der Waals surface area contributed by atoms with E-state index >= 15 is 0 Å². The lowest BCUT2D eigenvalue weighted by molar-refractivity contribution is 0.773. The van der Waals surface area contributed by atoms with Crippen molar-refractivity contribution >= 4 is 36.1 Å². The lowest BCUT2D eigenvalue weighted by Gasteiger charge is -1.97. The maximum absolute atomic E-state index is 6.17. The van der Waals surface area contributed by atoms with E-state index in [0.29, 0.717) is 15.7 Å². The van der Waals surface area contributed by atoms with Crippen molar-refractivity contribution in [3.8, 4) is 0 Å². The van der Waals surface area contributed by atoms with Crippen molar-refractivity contribution in [3.63, 3.8) is 0 Å². The lowest BCUT2D eigenvalue weighted by Crippen LogP contribution is -1.96. The first-order chi connectivity index (χ1) is 9.74. The fourth-order valence-corrected chi connectivity index (χ4v) is 2.24. The third-order valence-electron chi connectivity index (χ3n) is 3.02. The van der Waals surface area contributed by atoms with Gasteiger partial charge in [0.25, 0.3) is 0 Å². The van der Waals surface area contributed by atoms with Crippen LogP contribution in [0.1, 0.15) is 30.1 Å². The number of rotatable bonds is 4. The molecule has 0 unspecified atom stereocenters. The molecule has 0 bridgehead atoms. The van der Waals surface area contributed by atoms with E-state index < -0.39 is 0 Å². The normalized spacial score (nSPS) is 15.9. The molecule has 2 aromatic rings. The second-order valence-electron chi connectivity index (χ2n) is 4.66. The van der Waals surface area contributed by atoms with Crippen LogP contribution in [0.5, 0.6) is 0 Å². The number of aromatic nitrogens is 3. The van der Waals surface area contributed by atoms with Crippen molar-refractivity contribution in [2.45, 2.75) is 18.8 Å². The largest absolute Gasteiger partial charge is 0.250 e. The Hall–Kier alpha value is -1.72. The number of nitrogens with one attached hydrogen (secondary N) is 1. The summed E-state index contributed by atoms with van der Waals surface area (Å²) in [6.07, 6.45) is 5.72. The van der Waals surface area contributed by atoms with E-state index in [2.05, 4.69) is 15.3 Å². The van der Waals surface area contributed by atoms with Crippen LogP contribution in [0, 0.1) is 4.77 Å². The third kappa shape index (κ3) is 3.05. The lowest BCUT2D eigenvalue weighted by atomic mass is 10.2. The van der Waals surface area contributed by atoms with Gasteiger partial charge in [-0.2, -0.15) is 14.9 Å². The Morgan fingerprint density at radius 3 is 2.85 bits per heavy atom. The Morgan fingerprint density at radius 2 is 2.15 bits per heavy atom. The molecule has 1 N–H and O–H groups in total. The summed E-state index contributed by atoms with van der Waals surface area (Å²) in [5.74, 6) is 1.35. The Kier molecular flexibility index (Phi) is 3.80. The van der Waals surface area contributed by atoms with E-state index in [1.807, 2.05) is 36.4 Å². The topological polar surface area (TPSA) is 46.0 Å². The van der Waals surface area contributed by atoms with E-state index in [4.69, 9.17) is 23.8 Å². The van der Waals surface area contributed by atoms with Gasteiger partial charge in [-0.1, -0.05) is 41.9 Å². The molecule has 1 aliphatic carbocycles. The number of hydrogen-bond acceptors (Lipinski definition) is 3. The van der Waals surface area contributed by atoms with Gasteiger partial charge in [-0.3, -0.25) is 5.10 Å². The molecule has 0 amide bonds. The number of hydrogen-bond donors (Lipinski definition) is 1. The van der Waals surface area contributed by atoms with E-state index in [1.165, 1.54) is 0 Å². The van der Waals surface area contributed by atoms with E-state index in [1.54, 1.807) is 10.9 Å². The van der Waals surface area contributed by atoms with Gasteiger partial charge < -0.3 is 0 Å². The molecular weight excluding hydrogens is 292 g/mol. The van der Waals surface area contributed by atoms with Gasteiger partial charge in [0.05, 0.1) is 11.2 Å². The van der Waals surface area contributed by atoms with Gasteiger partial charge in [0.2, 0.25) is 4.77 Å². The van der Waals surface area contributed by atoms with Crippen molar-refractivity contribution in [1.29, 1.82) is 0 Å². The molecule has 1 aromatic heterocycles. The molecule has 1 saturated carbocycles.